The summed E-state index contributed by atoms with van der Waals surface area (Å²) in [6.07, 6.45) is 4.76. The molecular weight excluding hydrogens is 639 g/mol. The van der Waals surface area contributed by atoms with E-state index in [9.17, 15) is 14.4 Å². The number of nitrogens with zero attached hydrogens (tertiary/aromatic N) is 3. The number of fused-ring (bicyclic) bond motifs is 2. The van der Waals surface area contributed by atoms with Gasteiger partial charge in [-0.05, 0) is 50.3 Å². The molecule has 6 rings (SSSR count). The van der Waals surface area contributed by atoms with E-state index in [2.05, 4.69) is 45.4 Å². The van der Waals surface area contributed by atoms with Crippen LogP contribution in [0.3, 0.4) is 0 Å². The van der Waals surface area contributed by atoms with Crippen molar-refractivity contribution in [1.82, 2.24) is 20.0 Å². The van der Waals surface area contributed by atoms with Crippen LogP contribution in [0.15, 0.2) is 71.1 Å². The first-order valence-electron chi connectivity index (χ1n) is 16.3. The number of ether oxygens (including phenoxy) is 2. The summed E-state index contributed by atoms with van der Waals surface area (Å²) < 4.78 is 10.3. The zero-order chi connectivity index (χ0) is 33.2. The Morgan fingerprint density at radius 2 is 1.40 bits per heavy atom. The maximum Gasteiger partial charge on any atom is 0.336 e. The van der Waals surface area contributed by atoms with Gasteiger partial charge in [0, 0.05) is 77.9 Å². The predicted molar refractivity (Wildman–Crippen MR) is 181 cm³/mol. The first kappa shape index (κ1) is 33.5. The molecule has 3 atom stereocenters. The first-order valence-corrected chi connectivity index (χ1v) is 17.1. The number of esters is 2. The number of piperazine rings is 1. The van der Waals surface area contributed by atoms with Crippen LogP contribution in [-0.2, 0) is 30.4 Å². The maximum atomic E-state index is 13.8. The molecule has 47 heavy (non-hydrogen) atoms. The van der Waals surface area contributed by atoms with Crippen molar-refractivity contribution in [2.45, 2.75) is 69.6 Å². The van der Waals surface area contributed by atoms with Gasteiger partial charge in [-0.1, -0.05) is 59.6 Å². The summed E-state index contributed by atoms with van der Waals surface area (Å²) in [7, 11) is 2.54. The van der Waals surface area contributed by atoms with Crippen molar-refractivity contribution in [2.75, 3.05) is 40.4 Å². The maximum absolute atomic E-state index is 13.8. The molecule has 3 fully saturated rings. The molecule has 3 unspecified atom stereocenters. The van der Waals surface area contributed by atoms with Crippen LogP contribution in [0.1, 0.15) is 56.1 Å². The average molecular weight is 682 g/mol. The van der Waals surface area contributed by atoms with Gasteiger partial charge >= 0.3 is 11.9 Å². The summed E-state index contributed by atoms with van der Waals surface area (Å²) in [5, 5.41) is 3.72. The highest BCUT2D eigenvalue weighted by Gasteiger charge is 2.44. The summed E-state index contributed by atoms with van der Waals surface area (Å²) in [6.45, 7) is 5.58. The summed E-state index contributed by atoms with van der Waals surface area (Å²) in [4.78, 5) is 47.4. The van der Waals surface area contributed by atoms with Crippen LogP contribution < -0.4 is 5.32 Å². The van der Waals surface area contributed by atoms with Crippen LogP contribution in [-0.4, -0.2) is 91.1 Å². The van der Waals surface area contributed by atoms with E-state index >= 15 is 0 Å². The van der Waals surface area contributed by atoms with Crippen molar-refractivity contribution < 1.29 is 23.9 Å². The monoisotopic (exact) mass is 680 g/mol. The Hall–Kier alpha value is -3.37. The smallest absolute Gasteiger partial charge is 0.336 e. The zero-order valence-electron chi connectivity index (χ0n) is 27.1. The van der Waals surface area contributed by atoms with Crippen molar-refractivity contribution in [3.8, 4) is 0 Å². The molecule has 0 saturated carbocycles. The van der Waals surface area contributed by atoms with Gasteiger partial charge in [-0.2, -0.15) is 0 Å². The van der Waals surface area contributed by atoms with E-state index in [0.717, 1.165) is 32.5 Å². The fraction of sp³-hybridized carbons (Fsp3) is 0.472. The van der Waals surface area contributed by atoms with Gasteiger partial charge in [0.25, 0.3) is 0 Å². The first-order chi connectivity index (χ1) is 22.7. The van der Waals surface area contributed by atoms with E-state index in [0.29, 0.717) is 48.2 Å². The van der Waals surface area contributed by atoms with Gasteiger partial charge < -0.3 is 19.7 Å². The van der Waals surface area contributed by atoms with Crippen molar-refractivity contribution in [1.29, 1.82) is 0 Å². The second kappa shape index (κ2) is 14.4. The highest BCUT2D eigenvalue weighted by molar-refractivity contribution is 6.36. The van der Waals surface area contributed by atoms with Crippen molar-refractivity contribution in [3.63, 3.8) is 0 Å². The van der Waals surface area contributed by atoms with E-state index in [1.807, 2.05) is 4.90 Å². The number of amides is 1. The molecule has 3 saturated heterocycles. The highest BCUT2D eigenvalue weighted by Crippen LogP contribution is 2.45. The Labute approximate surface area is 286 Å². The number of halogens is 2. The number of rotatable bonds is 8. The Kier molecular flexibility index (Phi) is 10.3. The second-order valence-corrected chi connectivity index (χ2v) is 13.7. The number of hydrogen-bond donors (Lipinski definition) is 1. The zero-order valence-corrected chi connectivity index (χ0v) is 28.6. The molecule has 0 spiro atoms. The Balaban J connectivity index is 1.16. The number of methoxy groups -OCH3 is 2. The van der Waals surface area contributed by atoms with E-state index in [1.54, 1.807) is 25.1 Å². The molecule has 2 aromatic carbocycles. The molecule has 11 heteroatoms. The number of nitrogens with one attached hydrogen (secondary N) is 1. The number of dihydropyridines is 1. The second-order valence-electron chi connectivity index (χ2n) is 12.9. The quantitative estimate of drug-likeness (QED) is 0.377. The number of hydrogen-bond acceptors (Lipinski definition) is 8. The minimum absolute atomic E-state index is 0.0726. The fourth-order valence-electron chi connectivity index (χ4n) is 8.04. The Morgan fingerprint density at radius 1 is 0.809 bits per heavy atom. The largest absolute Gasteiger partial charge is 0.466 e. The van der Waals surface area contributed by atoms with E-state index in [-0.39, 0.29) is 33.5 Å². The molecule has 0 aromatic heterocycles. The van der Waals surface area contributed by atoms with Gasteiger partial charge in [-0.15, -0.1) is 0 Å². The molecule has 4 aliphatic rings. The normalized spacial score (nSPS) is 25.1. The predicted octanol–water partition coefficient (Wildman–Crippen LogP) is 5.28. The molecule has 2 aromatic rings. The average Bonchev–Trinajstić information content (AvgIpc) is 3.29. The lowest BCUT2D eigenvalue weighted by Crippen LogP contribution is -2.56. The molecule has 1 N–H and O–H groups in total. The van der Waals surface area contributed by atoms with E-state index < -0.39 is 17.9 Å². The number of carbonyl (C=O) groups excluding carboxylic acids is 3. The van der Waals surface area contributed by atoms with Gasteiger partial charge in [0.1, 0.15) is 0 Å². The highest BCUT2D eigenvalue weighted by atomic mass is 35.5. The lowest BCUT2D eigenvalue weighted by Gasteiger charge is -2.46. The van der Waals surface area contributed by atoms with E-state index in [4.69, 9.17) is 32.7 Å². The van der Waals surface area contributed by atoms with Gasteiger partial charge in [0.15, 0.2) is 0 Å². The van der Waals surface area contributed by atoms with Crippen LogP contribution >= 0.6 is 23.2 Å². The SMILES string of the molecule is COC(=O)C1=C(C)NC(CC(=O)N2CCN(C3CC4CCC(C3)N4Cc3ccccc3)CC2)=C(C(=O)OC)C1c1c(Cl)cccc1Cl. The minimum atomic E-state index is -0.986. The summed E-state index contributed by atoms with van der Waals surface area (Å²) in [5.74, 6) is -2.42. The lowest BCUT2D eigenvalue weighted by molar-refractivity contribution is -0.137. The van der Waals surface area contributed by atoms with Crippen LogP contribution in [0, 0.1) is 0 Å². The standard InChI is InChI=1S/C36H42Cl2N4O5/c1-22-31(35(44)46-2)34(32-27(37)10-7-11-28(32)38)33(36(45)47-3)29(39-22)20-30(43)41-16-14-40(15-17-41)26-18-24-12-13-25(19-26)42(24)21-23-8-5-4-6-9-23/h4-11,24-26,34,39H,12-21H2,1-3H3. The molecule has 250 valence electrons. The summed E-state index contributed by atoms with van der Waals surface area (Å²) >= 11 is 13.2. The topological polar surface area (TPSA) is 91.4 Å². The fourth-order valence-corrected chi connectivity index (χ4v) is 8.65. The number of piperidine rings is 1. The summed E-state index contributed by atoms with van der Waals surface area (Å²) in [6, 6.07) is 17.5. The van der Waals surface area contributed by atoms with Gasteiger partial charge in [-0.25, -0.2) is 9.59 Å². The lowest BCUT2D eigenvalue weighted by atomic mass is 9.79. The number of benzene rings is 2. The van der Waals surface area contributed by atoms with Crippen LogP contribution in [0.4, 0.5) is 0 Å². The molecule has 1 amide bonds. The molecule has 0 radical (unpaired) electrons. The van der Waals surface area contributed by atoms with Gasteiger partial charge in [0.2, 0.25) is 5.91 Å². The Morgan fingerprint density at radius 3 is 2.00 bits per heavy atom. The molecule has 2 bridgehead atoms. The molecule has 0 aliphatic carbocycles. The third-order valence-electron chi connectivity index (χ3n) is 10.3. The third-order valence-corrected chi connectivity index (χ3v) is 11.0. The van der Waals surface area contributed by atoms with Crippen molar-refractivity contribution in [3.05, 3.63) is 92.2 Å². The van der Waals surface area contributed by atoms with Crippen LogP contribution in [0.25, 0.3) is 0 Å². The Bertz CT molecular complexity index is 1550. The van der Waals surface area contributed by atoms with Crippen LogP contribution in [0.2, 0.25) is 10.0 Å². The van der Waals surface area contributed by atoms with Crippen molar-refractivity contribution in [2.24, 2.45) is 0 Å². The molecule has 9 nitrogen and oxygen atoms in total. The minimum Gasteiger partial charge on any atom is -0.466 e. The molecular formula is C36H42Cl2N4O5. The number of allylic oxidation sites excluding steroid dienone is 1. The van der Waals surface area contributed by atoms with Gasteiger partial charge in [0.05, 0.1) is 37.7 Å². The number of carbonyl (C=O) groups is 3. The van der Waals surface area contributed by atoms with Gasteiger partial charge in [-0.3, -0.25) is 14.6 Å². The van der Waals surface area contributed by atoms with E-state index in [1.165, 1.54) is 32.6 Å². The van der Waals surface area contributed by atoms with Crippen molar-refractivity contribution >= 4 is 41.0 Å². The summed E-state index contributed by atoms with van der Waals surface area (Å²) in [5.41, 5.74) is 2.85. The van der Waals surface area contributed by atoms with Crippen LogP contribution in [0.5, 0.6) is 0 Å². The molecule has 4 heterocycles. The molecule has 4 aliphatic heterocycles. The third kappa shape index (κ3) is 6.81.